The number of carbonyl (C=O) groups is 2. The maximum Gasteiger partial charge on any atom is 0.279 e. The van der Waals surface area contributed by atoms with Crippen LogP contribution in [0.1, 0.15) is 17.3 Å². The predicted molar refractivity (Wildman–Crippen MR) is 107 cm³/mol. The molecule has 1 aliphatic rings. The third-order valence-corrected chi connectivity index (χ3v) is 4.52. The van der Waals surface area contributed by atoms with Gasteiger partial charge < -0.3 is 14.2 Å². The highest BCUT2D eigenvalue weighted by molar-refractivity contribution is 6.00. The fraction of sp³-hybridized carbons (Fsp3) is 0.190. The van der Waals surface area contributed by atoms with E-state index in [4.69, 9.17) is 14.2 Å². The molecule has 2 heterocycles. The van der Waals surface area contributed by atoms with Crippen LogP contribution in [0.2, 0.25) is 0 Å². The Balaban J connectivity index is 1.40. The number of nitrogens with zero attached hydrogens (tertiary/aromatic N) is 1. The van der Waals surface area contributed by atoms with E-state index in [9.17, 15) is 14.0 Å². The standard InChI is InChI=1S/C21H19FN4O5/c1-12(31-16-5-3-2-4-15(16)22)20(27)25-26-21(28)14-11-23-24-19(14)13-6-7-17-18(10-13)30-9-8-29-17/h2-7,10-12H,8-9H2,1H3,(H,23,24)(H,25,27)(H,26,28). The summed E-state index contributed by atoms with van der Waals surface area (Å²) in [5, 5.41) is 6.70. The van der Waals surface area contributed by atoms with Crippen LogP contribution in [-0.2, 0) is 4.79 Å². The van der Waals surface area contributed by atoms with Crippen molar-refractivity contribution in [3.05, 3.63) is 60.0 Å². The minimum Gasteiger partial charge on any atom is -0.486 e. The van der Waals surface area contributed by atoms with Crippen LogP contribution in [-0.4, -0.2) is 41.3 Å². The van der Waals surface area contributed by atoms with E-state index in [0.717, 1.165) is 0 Å². The molecule has 2 amide bonds. The highest BCUT2D eigenvalue weighted by Gasteiger charge is 2.21. The number of aromatic nitrogens is 2. The number of rotatable bonds is 5. The van der Waals surface area contributed by atoms with Crippen molar-refractivity contribution in [1.82, 2.24) is 21.0 Å². The molecule has 0 saturated carbocycles. The zero-order chi connectivity index (χ0) is 21.8. The van der Waals surface area contributed by atoms with Gasteiger partial charge in [0.15, 0.2) is 29.2 Å². The summed E-state index contributed by atoms with van der Waals surface area (Å²) in [5.74, 6) is -0.708. The molecule has 1 aromatic heterocycles. The molecule has 1 unspecified atom stereocenters. The Kier molecular flexibility index (Phi) is 5.69. The van der Waals surface area contributed by atoms with Crippen molar-refractivity contribution in [3.63, 3.8) is 0 Å². The first kappa shape index (κ1) is 20.2. The first-order valence-corrected chi connectivity index (χ1v) is 9.47. The summed E-state index contributed by atoms with van der Waals surface area (Å²) < 4.78 is 30.0. The lowest BCUT2D eigenvalue weighted by Gasteiger charge is -2.19. The molecule has 2 aromatic carbocycles. The van der Waals surface area contributed by atoms with Gasteiger partial charge in [-0.25, -0.2) is 4.39 Å². The third-order valence-electron chi connectivity index (χ3n) is 4.52. The van der Waals surface area contributed by atoms with E-state index in [1.54, 1.807) is 24.3 Å². The molecule has 3 aromatic rings. The van der Waals surface area contributed by atoms with Gasteiger partial charge >= 0.3 is 0 Å². The first-order chi connectivity index (χ1) is 15.0. The van der Waals surface area contributed by atoms with Crippen molar-refractivity contribution in [2.24, 2.45) is 0 Å². The number of amides is 2. The summed E-state index contributed by atoms with van der Waals surface area (Å²) in [4.78, 5) is 24.8. The molecule has 160 valence electrons. The van der Waals surface area contributed by atoms with Crippen LogP contribution in [0.25, 0.3) is 11.3 Å². The molecule has 1 aliphatic heterocycles. The van der Waals surface area contributed by atoms with Crippen molar-refractivity contribution in [2.75, 3.05) is 13.2 Å². The molecule has 4 rings (SSSR count). The number of hydrogen-bond acceptors (Lipinski definition) is 6. The minimum absolute atomic E-state index is 0.0628. The van der Waals surface area contributed by atoms with Gasteiger partial charge in [-0.1, -0.05) is 12.1 Å². The molecular formula is C21H19FN4O5. The number of hydrazine groups is 1. The van der Waals surface area contributed by atoms with Crippen molar-refractivity contribution in [3.8, 4) is 28.5 Å². The molecule has 1 atom stereocenters. The minimum atomic E-state index is -1.04. The summed E-state index contributed by atoms with van der Waals surface area (Å²) >= 11 is 0. The van der Waals surface area contributed by atoms with Crippen LogP contribution in [0.3, 0.4) is 0 Å². The molecule has 0 radical (unpaired) electrons. The normalized spacial score (nSPS) is 13.2. The fourth-order valence-electron chi connectivity index (χ4n) is 2.95. The molecule has 10 heteroatoms. The van der Waals surface area contributed by atoms with Crippen LogP contribution in [0, 0.1) is 5.82 Å². The molecule has 0 saturated heterocycles. The number of fused-ring (bicyclic) bond motifs is 1. The van der Waals surface area contributed by atoms with E-state index >= 15 is 0 Å². The smallest absolute Gasteiger partial charge is 0.279 e. The number of nitrogens with one attached hydrogen (secondary N) is 3. The van der Waals surface area contributed by atoms with Crippen molar-refractivity contribution < 1.29 is 28.2 Å². The molecule has 31 heavy (non-hydrogen) atoms. The van der Waals surface area contributed by atoms with Crippen LogP contribution >= 0.6 is 0 Å². The Morgan fingerprint density at radius 1 is 1.13 bits per heavy atom. The van der Waals surface area contributed by atoms with Crippen molar-refractivity contribution >= 4 is 11.8 Å². The van der Waals surface area contributed by atoms with Gasteiger partial charge in [0.1, 0.15) is 13.2 Å². The average molecular weight is 426 g/mol. The monoisotopic (exact) mass is 426 g/mol. The molecule has 3 N–H and O–H groups in total. The van der Waals surface area contributed by atoms with Gasteiger partial charge in [-0.15, -0.1) is 0 Å². The van der Waals surface area contributed by atoms with E-state index in [-0.39, 0.29) is 11.3 Å². The fourth-order valence-corrected chi connectivity index (χ4v) is 2.95. The molecule has 0 fully saturated rings. The van der Waals surface area contributed by atoms with Gasteiger partial charge in [0.05, 0.1) is 17.5 Å². The Hall–Kier alpha value is -4.08. The zero-order valence-corrected chi connectivity index (χ0v) is 16.5. The SMILES string of the molecule is CC(Oc1ccccc1F)C(=O)NNC(=O)c1cn[nH]c1-c1ccc2c(c1)OCCO2. The summed E-state index contributed by atoms with van der Waals surface area (Å²) in [6.45, 7) is 2.35. The summed E-state index contributed by atoms with van der Waals surface area (Å²) in [7, 11) is 0. The Bertz CT molecular complexity index is 1120. The number of ether oxygens (including phenoxy) is 3. The quantitative estimate of drug-likeness (QED) is 0.539. The summed E-state index contributed by atoms with van der Waals surface area (Å²) in [6.07, 6.45) is 0.297. The molecule has 0 spiro atoms. The second-order valence-corrected chi connectivity index (χ2v) is 6.65. The topological polar surface area (TPSA) is 115 Å². The van der Waals surface area contributed by atoms with Gasteiger partial charge in [-0.2, -0.15) is 5.10 Å². The van der Waals surface area contributed by atoms with Gasteiger partial charge in [-0.3, -0.25) is 25.5 Å². The van der Waals surface area contributed by atoms with Gasteiger partial charge in [0.25, 0.3) is 11.8 Å². The second-order valence-electron chi connectivity index (χ2n) is 6.65. The molecule has 9 nitrogen and oxygen atoms in total. The number of halogens is 1. The predicted octanol–water partition coefficient (Wildman–Crippen LogP) is 2.22. The highest BCUT2D eigenvalue weighted by atomic mass is 19.1. The number of H-pyrrole nitrogens is 1. The number of hydrogen-bond donors (Lipinski definition) is 3. The van der Waals surface area contributed by atoms with Crippen LogP contribution < -0.4 is 25.1 Å². The van der Waals surface area contributed by atoms with Crippen molar-refractivity contribution in [2.45, 2.75) is 13.0 Å². The second kappa shape index (κ2) is 8.74. The Morgan fingerprint density at radius 3 is 2.71 bits per heavy atom. The van der Waals surface area contributed by atoms with Crippen LogP contribution in [0.4, 0.5) is 4.39 Å². The number of para-hydroxylation sites is 1. The lowest BCUT2D eigenvalue weighted by atomic mass is 10.1. The lowest BCUT2D eigenvalue weighted by molar-refractivity contribution is -0.128. The van der Waals surface area contributed by atoms with E-state index in [1.807, 2.05) is 0 Å². The summed E-state index contributed by atoms with van der Waals surface area (Å²) in [6, 6.07) is 11.0. The molecular weight excluding hydrogens is 407 g/mol. The molecule has 0 bridgehead atoms. The zero-order valence-electron chi connectivity index (χ0n) is 16.5. The maximum absolute atomic E-state index is 13.7. The Morgan fingerprint density at radius 2 is 1.90 bits per heavy atom. The van der Waals surface area contributed by atoms with E-state index < -0.39 is 23.7 Å². The Labute approximate surface area is 176 Å². The number of carbonyl (C=O) groups excluding carboxylic acids is 2. The lowest BCUT2D eigenvalue weighted by Crippen LogP contribution is -2.47. The highest BCUT2D eigenvalue weighted by Crippen LogP contribution is 2.34. The van der Waals surface area contributed by atoms with E-state index in [2.05, 4.69) is 21.0 Å². The number of benzene rings is 2. The van der Waals surface area contributed by atoms with Gasteiger partial charge in [0.2, 0.25) is 0 Å². The van der Waals surface area contributed by atoms with Crippen molar-refractivity contribution in [1.29, 1.82) is 0 Å². The number of aromatic amines is 1. The van der Waals surface area contributed by atoms with Gasteiger partial charge in [0, 0.05) is 5.56 Å². The van der Waals surface area contributed by atoms with Crippen LogP contribution in [0.15, 0.2) is 48.7 Å². The van der Waals surface area contributed by atoms with E-state index in [1.165, 1.54) is 31.3 Å². The van der Waals surface area contributed by atoms with E-state index in [0.29, 0.717) is 36.0 Å². The van der Waals surface area contributed by atoms with Crippen LogP contribution in [0.5, 0.6) is 17.2 Å². The first-order valence-electron chi connectivity index (χ1n) is 9.47. The maximum atomic E-state index is 13.7. The third kappa shape index (κ3) is 4.42. The summed E-state index contributed by atoms with van der Waals surface area (Å²) in [5.41, 5.74) is 5.89. The van der Waals surface area contributed by atoms with Gasteiger partial charge in [-0.05, 0) is 37.3 Å². The average Bonchev–Trinajstić information content (AvgIpc) is 3.28. The molecule has 0 aliphatic carbocycles. The largest absolute Gasteiger partial charge is 0.486 e.